The van der Waals surface area contributed by atoms with Crippen LogP contribution in [-0.4, -0.2) is 56.1 Å². The van der Waals surface area contributed by atoms with Crippen LogP contribution in [0.5, 0.6) is 11.5 Å². The van der Waals surface area contributed by atoms with Crippen LogP contribution >= 0.6 is 0 Å². The lowest BCUT2D eigenvalue weighted by atomic mass is 10.1. The van der Waals surface area contributed by atoms with Crippen molar-refractivity contribution < 1.29 is 14.3 Å². The Morgan fingerprint density at radius 1 is 1.20 bits per heavy atom. The molecule has 0 aliphatic carbocycles. The molecule has 0 unspecified atom stereocenters. The molecule has 20 heavy (non-hydrogen) atoms. The van der Waals surface area contributed by atoms with Gasteiger partial charge in [-0.2, -0.15) is 0 Å². The summed E-state index contributed by atoms with van der Waals surface area (Å²) in [5.74, 6) is 1.21. The Morgan fingerprint density at radius 3 is 2.45 bits per heavy atom. The molecule has 0 atom stereocenters. The Labute approximate surface area is 119 Å². The van der Waals surface area contributed by atoms with Gasteiger partial charge in [-0.3, -0.25) is 4.79 Å². The minimum absolute atomic E-state index is 0.00628. The second-order valence-electron chi connectivity index (χ2n) is 4.58. The highest BCUT2D eigenvalue weighted by Gasteiger charge is 2.23. The number of hydrogen-bond donors (Lipinski definition) is 0. The van der Waals surface area contributed by atoms with E-state index in [9.17, 15) is 4.79 Å². The van der Waals surface area contributed by atoms with Crippen molar-refractivity contribution in [3.63, 3.8) is 0 Å². The van der Waals surface area contributed by atoms with E-state index in [2.05, 4.69) is 11.5 Å². The van der Waals surface area contributed by atoms with Gasteiger partial charge in [-0.25, -0.2) is 0 Å². The average Bonchev–Trinajstić information content (AvgIpc) is 2.53. The van der Waals surface area contributed by atoms with Gasteiger partial charge in [-0.05, 0) is 18.3 Å². The number of carbonyl (C=O) groups excluding carboxylic acids is 1. The molecule has 0 N–H and O–H groups in total. The van der Waals surface area contributed by atoms with Crippen molar-refractivity contribution in [1.29, 1.82) is 0 Å². The number of piperazine rings is 1. The molecule has 1 aromatic rings. The Morgan fingerprint density at radius 2 is 1.90 bits per heavy atom. The molecule has 0 aromatic heterocycles. The highest BCUT2D eigenvalue weighted by Crippen LogP contribution is 2.26. The van der Waals surface area contributed by atoms with E-state index in [-0.39, 0.29) is 5.91 Å². The molecule has 1 fully saturated rings. The third-order valence-corrected chi connectivity index (χ3v) is 3.50. The highest BCUT2D eigenvalue weighted by atomic mass is 16.5. The van der Waals surface area contributed by atoms with E-state index in [1.54, 1.807) is 32.4 Å². The third kappa shape index (κ3) is 2.87. The van der Waals surface area contributed by atoms with E-state index in [0.717, 1.165) is 13.1 Å². The zero-order valence-corrected chi connectivity index (χ0v) is 12.0. The number of rotatable bonds is 4. The lowest BCUT2D eigenvalue weighted by Crippen LogP contribution is -2.46. The second-order valence-corrected chi connectivity index (χ2v) is 4.58. The first-order valence-corrected chi connectivity index (χ1v) is 6.57. The lowest BCUT2D eigenvalue weighted by molar-refractivity contribution is 0.0676. The van der Waals surface area contributed by atoms with Crippen molar-refractivity contribution >= 4 is 5.91 Å². The van der Waals surface area contributed by atoms with Gasteiger partial charge in [0, 0.05) is 32.2 Å². The summed E-state index contributed by atoms with van der Waals surface area (Å²) in [5, 5.41) is 0. The zero-order valence-electron chi connectivity index (χ0n) is 12.0. The molecule has 0 bridgehead atoms. The maximum atomic E-state index is 12.5. The fourth-order valence-corrected chi connectivity index (χ4v) is 2.25. The molecule has 0 spiro atoms. The van der Waals surface area contributed by atoms with Crippen molar-refractivity contribution in [3.8, 4) is 11.5 Å². The van der Waals surface area contributed by atoms with Crippen LogP contribution in [0.25, 0.3) is 0 Å². The summed E-state index contributed by atoms with van der Waals surface area (Å²) in [6, 6.07) is 5.25. The maximum absolute atomic E-state index is 12.5. The fourth-order valence-electron chi connectivity index (χ4n) is 2.25. The predicted octanol–water partition coefficient (Wildman–Crippen LogP) is 1.61. The summed E-state index contributed by atoms with van der Waals surface area (Å²) in [5.41, 5.74) is 0.570. The summed E-state index contributed by atoms with van der Waals surface area (Å²) in [6.07, 6.45) is 1.82. The number of benzene rings is 1. The van der Waals surface area contributed by atoms with Crippen LogP contribution in [0.1, 0.15) is 10.4 Å². The summed E-state index contributed by atoms with van der Waals surface area (Å²) >= 11 is 0. The van der Waals surface area contributed by atoms with Gasteiger partial charge in [-0.1, -0.05) is 6.58 Å². The maximum Gasteiger partial charge on any atom is 0.257 e. The number of methoxy groups -OCH3 is 2. The van der Waals surface area contributed by atoms with Crippen molar-refractivity contribution in [2.75, 3.05) is 40.4 Å². The summed E-state index contributed by atoms with van der Waals surface area (Å²) in [7, 11) is 3.14. The minimum Gasteiger partial charge on any atom is -0.497 e. The van der Waals surface area contributed by atoms with Gasteiger partial charge in [0.05, 0.1) is 19.8 Å². The highest BCUT2D eigenvalue weighted by molar-refractivity contribution is 5.97. The molecule has 0 saturated carbocycles. The molecule has 1 amide bonds. The first kappa shape index (κ1) is 14.2. The summed E-state index contributed by atoms with van der Waals surface area (Å²) < 4.78 is 10.4. The molecular formula is C15H20N2O3. The standard InChI is InChI=1S/C15H20N2O3/c1-4-16-7-9-17(10-8-16)15(18)13-6-5-12(19-2)11-14(13)20-3/h4-6,11H,1,7-10H2,2-3H3. The van der Waals surface area contributed by atoms with Crippen LogP contribution in [0, 0.1) is 0 Å². The Bertz CT molecular complexity index is 494. The van der Waals surface area contributed by atoms with Crippen LogP contribution in [0.2, 0.25) is 0 Å². The predicted molar refractivity (Wildman–Crippen MR) is 77.2 cm³/mol. The molecule has 108 valence electrons. The quantitative estimate of drug-likeness (QED) is 0.838. The first-order valence-electron chi connectivity index (χ1n) is 6.57. The smallest absolute Gasteiger partial charge is 0.257 e. The van der Waals surface area contributed by atoms with Crippen LogP contribution in [-0.2, 0) is 0 Å². The molecule has 5 heteroatoms. The molecule has 1 heterocycles. The van der Waals surface area contributed by atoms with Crippen molar-refractivity contribution in [2.24, 2.45) is 0 Å². The number of nitrogens with zero attached hydrogens (tertiary/aromatic N) is 2. The van der Waals surface area contributed by atoms with Crippen molar-refractivity contribution in [1.82, 2.24) is 9.80 Å². The van der Waals surface area contributed by atoms with Crippen molar-refractivity contribution in [2.45, 2.75) is 0 Å². The third-order valence-electron chi connectivity index (χ3n) is 3.50. The van der Waals surface area contributed by atoms with Crippen LogP contribution in [0.15, 0.2) is 31.0 Å². The van der Waals surface area contributed by atoms with Crippen LogP contribution in [0.4, 0.5) is 0 Å². The minimum atomic E-state index is -0.00628. The van der Waals surface area contributed by atoms with Gasteiger partial charge >= 0.3 is 0 Å². The monoisotopic (exact) mass is 276 g/mol. The molecule has 1 saturated heterocycles. The van der Waals surface area contributed by atoms with Crippen molar-refractivity contribution in [3.05, 3.63) is 36.5 Å². The van der Waals surface area contributed by atoms with E-state index < -0.39 is 0 Å². The molecular weight excluding hydrogens is 256 g/mol. The number of carbonyl (C=O) groups is 1. The number of amides is 1. The van der Waals surface area contributed by atoms with E-state index in [1.807, 2.05) is 11.1 Å². The normalized spacial score (nSPS) is 14.9. The second kappa shape index (κ2) is 6.32. The van der Waals surface area contributed by atoms with Crippen LogP contribution < -0.4 is 9.47 Å². The van der Waals surface area contributed by atoms with E-state index in [4.69, 9.17) is 9.47 Å². The first-order chi connectivity index (χ1) is 9.69. The largest absolute Gasteiger partial charge is 0.497 e. The Hall–Kier alpha value is -2.17. The molecule has 5 nitrogen and oxygen atoms in total. The van der Waals surface area contributed by atoms with Gasteiger partial charge in [0.1, 0.15) is 11.5 Å². The topological polar surface area (TPSA) is 42.0 Å². The van der Waals surface area contributed by atoms with Gasteiger partial charge in [0.2, 0.25) is 0 Å². The van der Waals surface area contributed by atoms with E-state index in [1.165, 1.54) is 0 Å². The number of hydrogen-bond acceptors (Lipinski definition) is 4. The lowest BCUT2D eigenvalue weighted by Gasteiger charge is -2.34. The fraction of sp³-hybridized carbons (Fsp3) is 0.400. The van der Waals surface area contributed by atoms with Crippen LogP contribution in [0.3, 0.4) is 0 Å². The van der Waals surface area contributed by atoms with Gasteiger partial charge in [0.25, 0.3) is 5.91 Å². The van der Waals surface area contributed by atoms with E-state index in [0.29, 0.717) is 30.2 Å². The van der Waals surface area contributed by atoms with Gasteiger partial charge in [0.15, 0.2) is 0 Å². The van der Waals surface area contributed by atoms with Gasteiger partial charge in [-0.15, -0.1) is 0 Å². The number of ether oxygens (including phenoxy) is 2. The zero-order chi connectivity index (χ0) is 14.5. The Balaban J connectivity index is 2.15. The molecule has 0 radical (unpaired) electrons. The molecule has 2 rings (SSSR count). The molecule has 1 aromatic carbocycles. The van der Waals surface area contributed by atoms with E-state index >= 15 is 0 Å². The SMILES string of the molecule is C=CN1CCN(C(=O)c2ccc(OC)cc2OC)CC1. The summed E-state index contributed by atoms with van der Waals surface area (Å²) in [4.78, 5) is 16.5. The Kier molecular flexibility index (Phi) is 4.50. The average molecular weight is 276 g/mol. The molecule has 1 aliphatic heterocycles. The van der Waals surface area contributed by atoms with Gasteiger partial charge < -0.3 is 19.3 Å². The molecule has 1 aliphatic rings. The summed E-state index contributed by atoms with van der Waals surface area (Å²) in [6.45, 7) is 6.76.